The second-order valence-corrected chi connectivity index (χ2v) is 11.0. The van der Waals surface area contributed by atoms with Crippen LogP contribution in [0.2, 0.25) is 0 Å². The number of nitrogens with two attached hydrogens (primary N) is 1. The number of hydrogen-bond donors (Lipinski definition) is 2. The molecule has 2 heterocycles. The number of amides is 3. The van der Waals surface area contributed by atoms with Gasteiger partial charge in [-0.1, -0.05) is 46.8 Å². The molecule has 3 amide bonds. The van der Waals surface area contributed by atoms with Gasteiger partial charge in [-0.3, -0.25) is 28.7 Å². The third-order valence-corrected chi connectivity index (χ3v) is 6.76. The van der Waals surface area contributed by atoms with E-state index >= 15 is 0 Å². The number of aromatic nitrogens is 2. The van der Waals surface area contributed by atoms with E-state index in [0.717, 1.165) is 17.7 Å². The summed E-state index contributed by atoms with van der Waals surface area (Å²) in [4.78, 5) is 71.1. The molecule has 0 saturated carbocycles. The molecule has 1 atom stereocenters. The number of hydrogen-bond acceptors (Lipinski definition) is 6. The lowest BCUT2D eigenvalue weighted by Gasteiger charge is -2.29. The molecule has 11 nitrogen and oxygen atoms in total. The number of aromatic amines is 1. The molecule has 1 aromatic carbocycles. The quantitative estimate of drug-likeness (QED) is 0.471. The van der Waals surface area contributed by atoms with Crippen LogP contribution in [0.25, 0.3) is 0 Å². The number of nitrogen functional groups attached to an aromatic ring is 1. The first kappa shape index (κ1) is 29.7. The molecular formula is C28H40N6O5. The van der Waals surface area contributed by atoms with E-state index in [9.17, 15) is 24.0 Å². The Bertz CT molecular complexity index is 1330. The maximum absolute atomic E-state index is 13.5. The minimum atomic E-state index is -0.758. The van der Waals surface area contributed by atoms with Crippen molar-refractivity contribution < 1.29 is 14.4 Å². The van der Waals surface area contributed by atoms with Gasteiger partial charge in [-0.25, -0.2) is 4.79 Å². The SMILES string of the molecule is CCc1ccc(N2CC(C(=O)N(C)CC(=O)N(CC(C)C)c3c(N)n(CC(C)C)c(=O)[nH]c3=O)CC2=O)cc1. The largest absolute Gasteiger partial charge is 0.383 e. The van der Waals surface area contributed by atoms with Crippen molar-refractivity contribution in [2.24, 2.45) is 17.8 Å². The van der Waals surface area contributed by atoms with Crippen molar-refractivity contribution in [3.63, 3.8) is 0 Å². The van der Waals surface area contributed by atoms with Gasteiger partial charge < -0.3 is 20.4 Å². The number of aryl methyl sites for hydroxylation is 1. The van der Waals surface area contributed by atoms with Crippen LogP contribution in [0.4, 0.5) is 17.2 Å². The average molecular weight is 541 g/mol. The third-order valence-electron chi connectivity index (χ3n) is 6.76. The van der Waals surface area contributed by atoms with Crippen LogP contribution in [-0.2, 0) is 27.3 Å². The van der Waals surface area contributed by atoms with Crippen molar-refractivity contribution in [3.05, 3.63) is 50.7 Å². The molecule has 1 fully saturated rings. The van der Waals surface area contributed by atoms with Crippen LogP contribution in [0.15, 0.2) is 33.9 Å². The standard InChI is InChI=1S/C28H40N6O5/c1-7-19-8-10-21(11-9-19)32-15-20(12-22(32)35)27(38)31(6)16-23(36)33(13-17(2)3)24-25(29)34(14-18(4)5)28(39)30-26(24)37/h8-11,17-18,20H,7,12-16,29H2,1-6H3,(H,30,37,39). The van der Waals surface area contributed by atoms with E-state index < -0.39 is 23.1 Å². The first-order chi connectivity index (χ1) is 18.3. The molecule has 1 aliphatic rings. The molecule has 212 valence electrons. The molecular weight excluding hydrogens is 500 g/mol. The molecule has 0 radical (unpaired) electrons. The van der Waals surface area contributed by atoms with E-state index in [0.29, 0.717) is 0 Å². The smallest absolute Gasteiger partial charge is 0.330 e. The molecule has 0 aliphatic carbocycles. The zero-order valence-electron chi connectivity index (χ0n) is 23.7. The van der Waals surface area contributed by atoms with Crippen LogP contribution in [0.1, 0.15) is 46.6 Å². The zero-order chi connectivity index (χ0) is 29.0. The van der Waals surface area contributed by atoms with Crippen molar-refractivity contribution in [3.8, 4) is 0 Å². The van der Waals surface area contributed by atoms with Gasteiger partial charge in [0, 0.05) is 38.8 Å². The van der Waals surface area contributed by atoms with E-state index in [4.69, 9.17) is 5.73 Å². The van der Waals surface area contributed by atoms with Gasteiger partial charge in [-0.2, -0.15) is 0 Å². The molecule has 3 N–H and O–H groups in total. The minimum Gasteiger partial charge on any atom is -0.383 e. The lowest BCUT2D eigenvalue weighted by Crippen LogP contribution is -2.48. The molecule has 0 bridgehead atoms. The van der Waals surface area contributed by atoms with Crippen molar-refractivity contribution in [1.29, 1.82) is 0 Å². The summed E-state index contributed by atoms with van der Waals surface area (Å²) in [6.45, 7) is 9.98. The van der Waals surface area contributed by atoms with E-state index in [1.807, 2.05) is 52.0 Å². The van der Waals surface area contributed by atoms with Crippen molar-refractivity contribution >= 4 is 34.9 Å². The molecule has 1 aromatic heterocycles. The Morgan fingerprint density at radius 1 is 1.08 bits per heavy atom. The summed E-state index contributed by atoms with van der Waals surface area (Å²) in [5.41, 5.74) is 6.66. The predicted octanol–water partition coefficient (Wildman–Crippen LogP) is 1.84. The van der Waals surface area contributed by atoms with Crippen molar-refractivity contribution in [2.45, 2.75) is 54.0 Å². The van der Waals surface area contributed by atoms with Crippen LogP contribution < -0.4 is 26.8 Å². The van der Waals surface area contributed by atoms with Gasteiger partial charge in [-0.05, 0) is 36.0 Å². The Balaban J connectivity index is 1.80. The van der Waals surface area contributed by atoms with Crippen molar-refractivity contribution in [2.75, 3.05) is 42.2 Å². The third kappa shape index (κ3) is 6.76. The molecule has 1 aliphatic heterocycles. The lowest BCUT2D eigenvalue weighted by atomic mass is 10.1. The Kier molecular flexibility index (Phi) is 9.36. The number of benzene rings is 1. The lowest BCUT2D eigenvalue weighted by molar-refractivity contribution is -0.137. The molecule has 1 unspecified atom stereocenters. The number of carbonyl (C=O) groups is 3. The van der Waals surface area contributed by atoms with E-state index in [-0.39, 0.29) is 67.8 Å². The number of nitrogens with zero attached hydrogens (tertiary/aromatic N) is 4. The van der Waals surface area contributed by atoms with Crippen LogP contribution in [-0.4, -0.2) is 58.9 Å². The van der Waals surface area contributed by atoms with Crippen molar-refractivity contribution in [1.82, 2.24) is 14.5 Å². The Morgan fingerprint density at radius 2 is 1.72 bits per heavy atom. The number of nitrogens with one attached hydrogen (secondary N) is 1. The van der Waals surface area contributed by atoms with Gasteiger partial charge in [0.2, 0.25) is 17.7 Å². The van der Waals surface area contributed by atoms with Crippen LogP contribution in [0.3, 0.4) is 0 Å². The first-order valence-electron chi connectivity index (χ1n) is 13.4. The van der Waals surface area contributed by atoms with Gasteiger partial charge in [-0.15, -0.1) is 0 Å². The molecule has 3 rings (SSSR count). The zero-order valence-corrected chi connectivity index (χ0v) is 23.7. The number of anilines is 3. The van der Waals surface area contributed by atoms with Crippen LogP contribution >= 0.6 is 0 Å². The highest BCUT2D eigenvalue weighted by molar-refractivity contribution is 6.02. The number of likely N-dealkylation sites (N-methyl/N-ethyl adjacent to an activating group) is 1. The molecule has 2 aromatic rings. The summed E-state index contributed by atoms with van der Waals surface area (Å²) in [5, 5.41) is 0. The minimum absolute atomic E-state index is 0.0284. The van der Waals surface area contributed by atoms with E-state index in [1.165, 1.54) is 21.4 Å². The average Bonchev–Trinajstić information content (AvgIpc) is 3.26. The van der Waals surface area contributed by atoms with E-state index in [2.05, 4.69) is 11.9 Å². The monoisotopic (exact) mass is 540 g/mol. The Hall–Kier alpha value is -3.89. The maximum Gasteiger partial charge on any atom is 0.330 e. The number of rotatable bonds is 10. The van der Waals surface area contributed by atoms with E-state index in [1.54, 1.807) is 4.90 Å². The fourth-order valence-corrected chi connectivity index (χ4v) is 4.78. The molecule has 1 saturated heterocycles. The number of H-pyrrole nitrogens is 1. The fraction of sp³-hybridized carbons (Fsp3) is 0.536. The highest BCUT2D eigenvalue weighted by atomic mass is 16.2. The highest BCUT2D eigenvalue weighted by Crippen LogP contribution is 2.27. The fourth-order valence-electron chi connectivity index (χ4n) is 4.78. The van der Waals surface area contributed by atoms with Gasteiger partial charge in [0.1, 0.15) is 5.82 Å². The first-order valence-corrected chi connectivity index (χ1v) is 13.4. The van der Waals surface area contributed by atoms with Gasteiger partial charge in [0.15, 0.2) is 5.69 Å². The topological polar surface area (TPSA) is 142 Å². The summed E-state index contributed by atoms with van der Waals surface area (Å²) < 4.78 is 1.25. The second kappa shape index (κ2) is 12.3. The maximum atomic E-state index is 13.5. The highest BCUT2D eigenvalue weighted by Gasteiger charge is 2.37. The number of carbonyl (C=O) groups excluding carboxylic acids is 3. The summed E-state index contributed by atoms with van der Waals surface area (Å²) in [5.74, 6) is -1.64. The van der Waals surface area contributed by atoms with Crippen LogP contribution in [0, 0.1) is 17.8 Å². The van der Waals surface area contributed by atoms with Gasteiger partial charge in [0.25, 0.3) is 5.56 Å². The summed E-state index contributed by atoms with van der Waals surface area (Å²) >= 11 is 0. The molecule has 0 spiro atoms. The predicted molar refractivity (Wildman–Crippen MR) is 152 cm³/mol. The molecule has 11 heteroatoms. The summed E-state index contributed by atoms with van der Waals surface area (Å²) in [7, 11) is 1.50. The summed E-state index contributed by atoms with van der Waals surface area (Å²) in [6, 6.07) is 7.68. The van der Waals surface area contributed by atoms with Gasteiger partial charge >= 0.3 is 5.69 Å². The normalized spacial score (nSPS) is 15.3. The summed E-state index contributed by atoms with van der Waals surface area (Å²) in [6.07, 6.45) is 0.938. The Morgan fingerprint density at radius 3 is 2.28 bits per heavy atom. The van der Waals surface area contributed by atoms with Gasteiger partial charge in [0.05, 0.1) is 12.5 Å². The Labute approximate surface area is 228 Å². The second-order valence-electron chi connectivity index (χ2n) is 11.0. The molecule has 39 heavy (non-hydrogen) atoms. The van der Waals surface area contributed by atoms with Crippen LogP contribution in [0.5, 0.6) is 0 Å².